The molecule has 13 heavy (non-hydrogen) atoms. The van der Waals surface area contributed by atoms with Crippen LogP contribution in [0.1, 0.15) is 0 Å². The van der Waals surface area contributed by atoms with Gasteiger partial charge < -0.3 is 10.2 Å². The van der Waals surface area contributed by atoms with Gasteiger partial charge in [-0.25, -0.2) is 9.97 Å². The molecule has 0 atom stereocenters. The van der Waals surface area contributed by atoms with Crippen LogP contribution in [0, 0.1) is 0 Å². The minimum atomic E-state index is 0.0144. The highest BCUT2D eigenvalue weighted by atomic mass is 79.9. The molecule has 2 heterocycles. The average molecular weight is 242 g/mol. The molecule has 0 aliphatic rings. The molecule has 66 valence electrons. The van der Waals surface area contributed by atoms with E-state index in [-0.39, 0.29) is 11.9 Å². The molecular formula is C6H4BrN5O. The molecule has 0 amide bonds. The molecule has 0 spiro atoms. The van der Waals surface area contributed by atoms with Gasteiger partial charge in [0.15, 0.2) is 0 Å². The zero-order chi connectivity index (χ0) is 9.26. The first-order valence-electron chi connectivity index (χ1n) is 3.32. The Hall–Kier alpha value is -1.50. The number of nitrogens with zero attached hydrogens (tertiary/aromatic N) is 4. The van der Waals surface area contributed by atoms with Gasteiger partial charge >= 0.3 is 6.01 Å². The van der Waals surface area contributed by atoms with E-state index >= 15 is 0 Å². The minimum absolute atomic E-state index is 0.0144. The zero-order valence-electron chi connectivity index (χ0n) is 6.31. The number of hydrogen-bond donors (Lipinski definition) is 1. The third kappa shape index (κ3) is 1.50. The molecule has 0 aliphatic heterocycles. The van der Waals surface area contributed by atoms with E-state index in [0.29, 0.717) is 10.2 Å². The van der Waals surface area contributed by atoms with E-state index in [1.54, 1.807) is 6.20 Å². The van der Waals surface area contributed by atoms with Crippen LogP contribution in [0.15, 0.2) is 21.4 Å². The van der Waals surface area contributed by atoms with Gasteiger partial charge in [0.05, 0.1) is 4.47 Å². The lowest BCUT2D eigenvalue weighted by Gasteiger charge is -1.94. The van der Waals surface area contributed by atoms with E-state index in [1.165, 1.54) is 6.33 Å². The first-order chi connectivity index (χ1) is 6.27. The lowest BCUT2D eigenvalue weighted by Crippen LogP contribution is -1.86. The number of hydrogen-bond acceptors (Lipinski definition) is 6. The molecule has 2 aromatic heterocycles. The summed E-state index contributed by atoms with van der Waals surface area (Å²) in [5.41, 5.74) is 5.79. The molecule has 0 unspecified atom stereocenters. The van der Waals surface area contributed by atoms with Crippen molar-refractivity contribution in [3.63, 3.8) is 0 Å². The maximum atomic E-state index is 5.27. The van der Waals surface area contributed by atoms with Crippen LogP contribution >= 0.6 is 15.9 Å². The summed E-state index contributed by atoms with van der Waals surface area (Å²) in [6.45, 7) is 0. The Morgan fingerprint density at radius 3 is 2.85 bits per heavy atom. The third-order valence-electron chi connectivity index (χ3n) is 1.31. The quantitative estimate of drug-likeness (QED) is 0.797. The van der Waals surface area contributed by atoms with Crippen LogP contribution in [0.4, 0.5) is 6.01 Å². The summed E-state index contributed by atoms with van der Waals surface area (Å²) < 4.78 is 5.66. The van der Waals surface area contributed by atoms with Gasteiger partial charge in [-0.05, 0) is 15.9 Å². The Bertz CT molecular complexity index is 428. The van der Waals surface area contributed by atoms with Crippen molar-refractivity contribution in [2.45, 2.75) is 0 Å². The summed E-state index contributed by atoms with van der Waals surface area (Å²) in [5.74, 6) is 0.270. The predicted molar refractivity (Wildman–Crippen MR) is 47.4 cm³/mol. The Labute approximate surface area is 81.3 Å². The van der Waals surface area contributed by atoms with Gasteiger partial charge in [-0.2, -0.15) is 0 Å². The van der Waals surface area contributed by atoms with Crippen molar-refractivity contribution in [3.05, 3.63) is 17.0 Å². The van der Waals surface area contributed by atoms with Crippen molar-refractivity contribution in [2.24, 2.45) is 0 Å². The highest BCUT2D eigenvalue weighted by Crippen LogP contribution is 2.23. The first-order valence-corrected chi connectivity index (χ1v) is 4.11. The average Bonchev–Trinajstić information content (AvgIpc) is 2.53. The van der Waals surface area contributed by atoms with Gasteiger partial charge in [0.2, 0.25) is 0 Å². The molecule has 2 aromatic rings. The van der Waals surface area contributed by atoms with E-state index in [4.69, 9.17) is 10.2 Å². The number of halogens is 1. The topological polar surface area (TPSA) is 90.7 Å². The monoisotopic (exact) mass is 241 g/mol. The minimum Gasteiger partial charge on any atom is -0.402 e. The molecule has 6 nitrogen and oxygen atoms in total. The summed E-state index contributed by atoms with van der Waals surface area (Å²) in [7, 11) is 0. The Balaban J connectivity index is 2.52. The largest absolute Gasteiger partial charge is 0.402 e. The molecule has 7 heteroatoms. The van der Waals surface area contributed by atoms with Gasteiger partial charge in [-0.15, -0.1) is 5.10 Å². The van der Waals surface area contributed by atoms with E-state index in [2.05, 4.69) is 36.1 Å². The van der Waals surface area contributed by atoms with Crippen molar-refractivity contribution in [1.29, 1.82) is 0 Å². The lowest BCUT2D eigenvalue weighted by molar-refractivity contribution is 0.587. The number of nitrogen functional groups attached to an aromatic ring is 1. The maximum absolute atomic E-state index is 5.27. The Kier molecular flexibility index (Phi) is 1.93. The van der Waals surface area contributed by atoms with Crippen LogP contribution in [0.5, 0.6) is 0 Å². The third-order valence-corrected chi connectivity index (χ3v) is 1.89. The molecular weight excluding hydrogens is 238 g/mol. The molecule has 2 rings (SSSR count). The van der Waals surface area contributed by atoms with Gasteiger partial charge in [0.1, 0.15) is 12.0 Å². The van der Waals surface area contributed by atoms with Crippen molar-refractivity contribution in [3.8, 4) is 11.6 Å². The fourth-order valence-electron chi connectivity index (χ4n) is 0.800. The number of nitrogens with two attached hydrogens (primary N) is 1. The Morgan fingerprint density at radius 2 is 2.23 bits per heavy atom. The zero-order valence-corrected chi connectivity index (χ0v) is 7.89. The van der Waals surface area contributed by atoms with Gasteiger partial charge in [-0.3, -0.25) is 0 Å². The first kappa shape index (κ1) is 8.11. The van der Waals surface area contributed by atoms with Crippen molar-refractivity contribution < 1.29 is 4.42 Å². The number of anilines is 1. The SMILES string of the molecule is Nc1nnc(-c2ncncc2Br)o1. The van der Waals surface area contributed by atoms with Crippen molar-refractivity contribution in [2.75, 3.05) is 5.73 Å². The summed E-state index contributed by atoms with van der Waals surface area (Å²) in [6, 6.07) is 0.0144. The van der Waals surface area contributed by atoms with Crippen LogP contribution < -0.4 is 5.73 Å². The fourth-order valence-corrected chi connectivity index (χ4v) is 1.19. The normalized spacial score (nSPS) is 10.2. The summed E-state index contributed by atoms with van der Waals surface area (Å²) >= 11 is 3.25. The summed E-state index contributed by atoms with van der Waals surface area (Å²) in [4.78, 5) is 7.75. The predicted octanol–water partition coefficient (Wildman–Crippen LogP) is 0.871. The second-order valence-electron chi connectivity index (χ2n) is 2.16. The second kappa shape index (κ2) is 3.09. The fraction of sp³-hybridized carbons (Fsp3) is 0. The molecule has 0 aliphatic carbocycles. The van der Waals surface area contributed by atoms with Crippen molar-refractivity contribution in [1.82, 2.24) is 20.2 Å². The lowest BCUT2D eigenvalue weighted by atomic mass is 10.4. The smallest absolute Gasteiger partial charge is 0.313 e. The van der Waals surface area contributed by atoms with Crippen LogP contribution in [0.3, 0.4) is 0 Å². The van der Waals surface area contributed by atoms with E-state index in [0.717, 1.165) is 0 Å². The van der Waals surface area contributed by atoms with E-state index in [1.807, 2.05) is 0 Å². The van der Waals surface area contributed by atoms with Crippen molar-refractivity contribution >= 4 is 21.9 Å². The van der Waals surface area contributed by atoms with Crippen LogP contribution in [-0.2, 0) is 0 Å². The summed E-state index contributed by atoms with van der Waals surface area (Å²) in [6.07, 6.45) is 2.98. The maximum Gasteiger partial charge on any atom is 0.313 e. The standard InChI is InChI=1S/C6H4BrN5O/c7-3-1-9-2-10-4(3)5-11-12-6(8)13-5/h1-2H,(H2,8,12). The van der Waals surface area contributed by atoms with Crippen LogP contribution in [0.25, 0.3) is 11.6 Å². The Morgan fingerprint density at radius 1 is 1.38 bits per heavy atom. The molecule has 2 N–H and O–H groups in total. The second-order valence-corrected chi connectivity index (χ2v) is 3.02. The van der Waals surface area contributed by atoms with E-state index in [9.17, 15) is 0 Å². The molecule has 0 saturated heterocycles. The van der Waals surface area contributed by atoms with Crippen LogP contribution in [-0.4, -0.2) is 20.2 Å². The van der Waals surface area contributed by atoms with Crippen LogP contribution in [0.2, 0.25) is 0 Å². The van der Waals surface area contributed by atoms with Gasteiger partial charge in [-0.1, -0.05) is 5.10 Å². The highest BCUT2D eigenvalue weighted by Gasteiger charge is 2.10. The van der Waals surface area contributed by atoms with E-state index < -0.39 is 0 Å². The number of rotatable bonds is 1. The molecule has 0 bridgehead atoms. The van der Waals surface area contributed by atoms with Gasteiger partial charge in [0.25, 0.3) is 5.89 Å². The number of aromatic nitrogens is 4. The molecule has 0 fully saturated rings. The highest BCUT2D eigenvalue weighted by molar-refractivity contribution is 9.10. The molecule has 0 radical (unpaired) electrons. The van der Waals surface area contributed by atoms with Gasteiger partial charge in [0, 0.05) is 6.20 Å². The summed E-state index contributed by atoms with van der Waals surface area (Å²) in [5, 5.41) is 7.20. The molecule has 0 saturated carbocycles. The molecule has 0 aromatic carbocycles.